The molecule has 5 aromatic rings. The van der Waals surface area contributed by atoms with Gasteiger partial charge in [0.05, 0.1) is 17.5 Å². The summed E-state index contributed by atoms with van der Waals surface area (Å²) >= 11 is 0. The van der Waals surface area contributed by atoms with Crippen LogP contribution in [0.1, 0.15) is 40.6 Å². The van der Waals surface area contributed by atoms with E-state index in [0.717, 1.165) is 40.3 Å². The molecule has 0 saturated heterocycles. The van der Waals surface area contributed by atoms with E-state index in [2.05, 4.69) is 27.1 Å². The molecule has 0 N–H and O–H groups in total. The van der Waals surface area contributed by atoms with Gasteiger partial charge in [0.25, 0.3) is 0 Å². The Bertz CT molecular complexity index is 1530. The fourth-order valence-electron chi connectivity index (χ4n) is 3.88. The minimum absolute atomic E-state index is 0.294. The number of rotatable bonds is 4. The molecule has 5 rings (SSSR count). The first-order valence-electron chi connectivity index (χ1n) is 10.5. The molecule has 3 heterocycles. The van der Waals surface area contributed by atoms with E-state index in [-0.39, 0.29) is 6.42 Å². The number of nitrogens with zero attached hydrogens (tertiary/aromatic N) is 4. The second kappa shape index (κ2) is 8.14. The van der Waals surface area contributed by atoms with Gasteiger partial charge < -0.3 is 4.52 Å². The van der Waals surface area contributed by atoms with E-state index < -0.39 is 5.92 Å². The van der Waals surface area contributed by atoms with E-state index in [1.807, 2.05) is 37.3 Å². The number of hydrogen-bond acceptors (Lipinski definition) is 4. The Labute approximate surface area is 189 Å². The first-order chi connectivity index (χ1) is 15.9. The summed E-state index contributed by atoms with van der Waals surface area (Å²) in [5, 5.41) is 9.41. The van der Waals surface area contributed by atoms with Gasteiger partial charge in [-0.15, -0.1) is 0 Å². The number of aromatic nitrogens is 4. The van der Waals surface area contributed by atoms with Crippen LogP contribution in [0.3, 0.4) is 0 Å². The van der Waals surface area contributed by atoms with Crippen molar-refractivity contribution >= 4 is 16.6 Å². The molecule has 0 fully saturated rings. The summed E-state index contributed by atoms with van der Waals surface area (Å²) in [7, 11) is 0. The minimum atomic E-state index is -2.75. The molecule has 0 atom stereocenters. The smallest absolute Gasteiger partial charge is 0.249 e. The quantitative estimate of drug-likeness (QED) is 0.351. The monoisotopic (exact) mass is 442 g/mol. The van der Waals surface area contributed by atoms with Crippen LogP contribution in [0.25, 0.3) is 16.6 Å². The number of aryl methyl sites for hydroxylation is 1. The zero-order valence-corrected chi connectivity index (χ0v) is 18.1. The molecule has 0 radical (unpaired) electrons. The molecule has 0 aliphatic carbocycles. The lowest BCUT2D eigenvalue weighted by molar-refractivity contribution is 0.0226. The van der Waals surface area contributed by atoms with Crippen molar-refractivity contribution < 1.29 is 13.3 Å². The van der Waals surface area contributed by atoms with E-state index >= 15 is 0 Å². The van der Waals surface area contributed by atoms with Crippen LogP contribution in [0.2, 0.25) is 0 Å². The second-order valence-electron chi connectivity index (χ2n) is 8.19. The highest BCUT2D eigenvalue weighted by molar-refractivity contribution is 5.86. The summed E-state index contributed by atoms with van der Waals surface area (Å²) in [6, 6.07) is 14.8. The molecule has 2 aromatic carbocycles. The Kier molecular flexibility index (Phi) is 5.14. The second-order valence-corrected chi connectivity index (χ2v) is 8.19. The predicted octanol–water partition coefficient (Wildman–Crippen LogP) is 5.37. The Morgan fingerprint density at radius 2 is 1.91 bits per heavy atom. The average molecular weight is 442 g/mol. The molecular weight excluding hydrogens is 422 g/mol. The topological polar surface area (TPSA) is 56.2 Å². The first kappa shape index (κ1) is 20.8. The summed E-state index contributed by atoms with van der Waals surface area (Å²) in [6.45, 7) is 2.89. The van der Waals surface area contributed by atoms with Gasteiger partial charge in [-0.25, -0.2) is 18.3 Å². The van der Waals surface area contributed by atoms with Crippen LogP contribution < -0.4 is 0 Å². The van der Waals surface area contributed by atoms with Crippen LogP contribution in [0.5, 0.6) is 0 Å². The molecule has 0 aliphatic rings. The van der Waals surface area contributed by atoms with E-state index in [9.17, 15) is 8.78 Å². The van der Waals surface area contributed by atoms with Gasteiger partial charge in [0.2, 0.25) is 5.92 Å². The summed E-state index contributed by atoms with van der Waals surface area (Å²) in [5.41, 5.74) is 5.95. The third kappa shape index (κ3) is 4.33. The number of fused-ring (bicyclic) bond motifs is 2. The minimum Gasteiger partial charge on any atom is -0.355 e. The zero-order valence-electron chi connectivity index (χ0n) is 18.1. The van der Waals surface area contributed by atoms with Crippen LogP contribution >= 0.6 is 0 Å². The van der Waals surface area contributed by atoms with Crippen molar-refractivity contribution in [2.45, 2.75) is 32.6 Å². The molecule has 0 amide bonds. The van der Waals surface area contributed by atoms with Gasteiger partial charge in [0, 0.05) is 24.4 Å². The molecule has 164 valence electrons. The van der Waals surface area contributed by atoms with Gasteiger partial charge in [0.1, 0.15) is 5.69 Å². The van der Waals surface area contributed by atoms with Crippen molar-refractivity contribution in [1.82, 2.24) is 19.8 Å². The summed E-state index contributed by atoms with van der Waals surface area (Å²) in [6.07, 6.45) is 3.55. The molecule has 3 aromatic heterocycles. The molecule has 7 heteroatoms. The molecule has 0 saturated carbocycles. The van der Waals surface area contributed by atoms with Crippen LogP contribution in [0.15, 0.2) is 65.4 Å². The van der Waals surface area contributed by atoms with Crippen molar-refractivity contribution in [3.63, 3.8) is 0 Å². The van der Waals surface area contributed by atoms with E-state index in [4.69, 9.17) is 4.52 Å². The molecule has 0 unspecified atom stereocenters. The maximum absolute atomic E-state index is 13.4. The lowest BCUT2D eigenvalue weighted by Crippen LogP contribution is -2.13. The molecular formula is C26H20F2N4O. The number of hydrogen-bond donors (Lipinski definition) is 0. The largest absolute Gasteiger partial charge is 0.355 e. The summed E-state index contributed by atoms with van der Waals surface area (Å²) < 4.78 is 34.2. The van der Waals surface area contributed by atoms with Gasteiger partial charge >= 0.3 is 0 Å². The normalized spacial score (nSPS) is 11.6. The highest BCUT2D eigenvalue weighted by atomic mass is 19.3. The van der Waals surface area contributed by atoms with Crippen LogP contribution in [-0.2, 0) is 12.8 Å². The van der Waals surface area contributed by atoms with Gasteiger partial charge in [-0.1, -0.05) is 41.4 Å². The van der Waals surface area contributed by atoms with Crippen molar-refractivity contribution in [3.8, 4) is 11.8 Å². The summed E-state index contributed by atoms with van der Waals surface area (Å²) in [4.78, 5) is 4.31. The molecule has 5 nitrogen and oxygen atoms in total. The van der Waals surface area contributed by atoms with Gasteiger partial charge in [-0.3, -0.25) is 0 Å². The predicted molar refractivity (Wildman–Crippen MR) is 121 cm³/mol. The zero-order chi connectivity index (χ0) is 23.0. The Morgan fingerprint density at radius 3 is 2.76 bits per heavy atom. The van der Waals surface area contributed by atoms with Crippen LogP contribution in [0, 0.1) is 18.8 Å². The highest BCUT2D eigenvalue weighted by Gasteiger charge is 2.22. The number of halogens is 2. The van der Waals surface area contributed by atoms with E-state index in [0.29, 0.717) is 23.3 Å². The van der Waals surface area contributed by atoms with Crippen LogP contribution in [0.4, 0.5) is 8.78 Å². The number of benzene rings is 2. The third-order valence-corrected chi connectivity index (χ3v) is 5.39. The average Bonchev–Trinajstić information content (AvgIpc) is 3.36. The summed E-state index contributed by atoms with van der Waals surface area (Å²) in [5.74, 6) is 3.58. The van der Waals surface area contributed by atoms with Crippen molar-refractivity contribution in [2.75, 3.05) is 0 Å². The first-order valence-corrected chi connectivity index (χ1v) is 10.5. The van der Waals surface area contributed by atoms with Crippen LogP contribution in [-0.4, -0.2) is 25.7 Å². The van der Waals surface area contributed by atoms with Crippen molar-refractivity contribution in [1.29, 1.82) is 0 Å². The standard InChI is InChI=1S/C26H20F2N4O/c1-17-8-10-22-23(14-18-5-3-6-19(13-18)15-26(2,27)28)31-33-25(22)21(17)11-9-20-16-29-24-7-4-12-30-32(20)24/h3-8,10,12-13,16H,14-15H2,1-2H3. The molecule has 0 spiro atoms. The fraction of sp³-hybridized carbons (Fsp3) is 0.192. The number of imidazole rings is 1. The maximum Gasteiger partial charge on any atom is 0.249 e. The SMILES string of the molecule is Cc1ccc2c(Cc3cccc(CC(C)(F)F)c3)noc2c1C#Cc1cnc2cccnn12. The Hall–Kier alpha value is -4.05. The molecule has 0 bridgehead atoms. The van der Waals surface area contributed by atoms with Gasteiger partial charge in [-0.05, 0) is 54.7 Å². The van der Waals surface area contributed by atoms with E-state index in [1.165, 1.54) is 0 Å². The lowest BCUT2D eigenvalue weighted by atomic mass is 9.99. The maximum atomic E-state index is 13.4. The lowest BCUT2D eigenvalue weighted by Gasteiger charge is -2.10. The third-order valence-electron chi connectivity index (χ3n) is 5.39. The van der Waals surface area contributed by atoms with E-state index in [1.54, 1.807) is 35.1 Å². The number of alkyl halides is 2. The molecule has 0 aliphatic heterocycles. The Balaban J connectivity index is 1.49. The fourth-order valence-corrected chi connectivity index (χ4v) is 3.88. The van der Waals surface area contributed by atoms with Gasteiger partial charge in [-0.2, -0.15) is 5.10 Å². The van der Waals surface area contributed by atoms with Crippen molar-refractivity contribution in [3.05, 3.63) is 94.6 Å². The van der Waals surface area contributed by atoms with Gasteiger partial charge in [0.15, 0.2) is 11.2 Å². The Morgan fingerprint density at radius 1 is 1.06 bits per heavy atom. The highest BCUT2D eigenvalue weighted by Crippen LogP contribution is 2.27. The molecule has 33 heavy (non-hydrogen) atoms. The van der Waals surface area contributed by atoms with Crippen molar-refractivity contribution in [2.24, 2.45) is 0 Å².